The Balaban J connectivity index is 2.05. The van der Waals surface area contributed by atoms with Crippen molar-refractivity contribution in [3.05, 3.63) is 36.2 Å². The fourth-order valence-corrected chi connectivity index (χ4v) is 2.17. The first-order valence-electron chi connectivity index (χ1n) is 6.74. The predicted octanol–water partition coefficient (Wildman–Crippen LogP) is 0.672. The van der Waals surface area contributed by atoms with Crippen molar-refractivity contribution in [3.8, 4) is 0 Å². The van der Waals surface area contributed by atoms with Crippen LogP contribution in [0.5, 0.6) is 0 Å². The molecule has 0 saturated heterocycles. The van der Waals surface area contributed by atoms with Crippen molar-refractivity contribution in [1.82, 2.24) is 20.2 Å². The summed E-state index contributed by atoms with van der Waals surface area (Å²) >= 11 is 0. The highest BCUT2D eigenvalue weighted by Crippen LogP contribution is 2.09. The Morgan fingerprint density at radius 2 is 2.00 bits per heavy atom. The Morgan fingerprint density at radius 3 is 2.67 bits per heavy atom. The van der Waals surface area contributed by atoms with Crippen LogP contribution in [-0.4, -0.2) is 58.7 Å². The second kappa shape index (κ2) is 6.15. The molecule has 6 nitrogen and oxygen atoms in total. The average Bonchev–Trinajstić information content (AvgIpc) is 2.43. The lowest BCUT2D eigenvalue weighted by atomic mass is 10.1. The first-order valence-corrected chi connectivity index (χ1v) is 6.74. The molecule has 0 saturated carbocycles. The van der Waals surface area contributed by atoms with Crippen LogP contribution >= 0.6 is 0 Å². The number of carbonyl (C=O) groups excluding carboxylic acids is 1. The van der Waals surface area contributed by atoms with Gasteiger partial charge >= 0.3 is 0 Å². The van der Waals surface area contributed by atoms with Gasteiger partial charge < -0.3 is 15.3 Å². The molecule has 1 atom stereocenters. The van der Waals surface area contributed by atoms with Gasteiger partial charge in [-0.25, -0.2) is 4.98 Å². The number of hydrogen-bond acceptors (Lipinski definition) is 5. The monoisotopic (exact) mass is 288 g/mol. The number of aliphatic hydroxyl groups is 1. The van der Waals surface area contributed by atoms with E-state index in [2.05, 4.69) is 15.3 Å². The van der Waals surface area contributed by atoms with E-state index in [1.807, 2.05) is 37.2 Å². The number of hydrogen-bond donors (Lipinski definition) is 2. The highest BCUT2D eigenvalue weighted by Gasteiger charge is 2.22. The van der Waals surface area contributed by atoms with E-state index in [1.165, 1.54) is 6.20 Å². The Labute approximate surface area is 123 Å². The average molecular weight is 288 g/mol. The Kier molecular flexibility index (Phi) is 4.50. The van der Waals surface area contributed by atoms with Crippen LogP contribution in [-0.2, 0) is 0 Å². The fraction of sp³-hybridized carbons (Fsp3) is 0.400. The van der Waals surface area contributed by atoms with E-state index in [1.54, 1.807) is 13.0 Å². The van der Waals surface area contributed by atoms with E-state index >= 15 is 0 Å². The van der Waals surface area contributed by atoms with Crippen molar-refractivity contribution >= 4 is 16.9 Å². The zero-order valence-electron chi connectivity index (χ0n) is 12.5. The molecule has 1 aromatic carbocycles. The molecule has 0 fully saturated rings. The molecule has 1 heterocycles. The smallest absolute Gasteiger partial charge is 0.271 e. The zero-order chi connectivity index (χ0) is 15.5. The first kappa shape index (κ1) is 15.3. The minimum atomic E-state index is -0.997. The predicted molar refractivity (Wildman–Crippen MR) is 81.0 cm³/mol. The van der Waals surface area contributed by atoms with Crippen molar-refractivity contribution in [2.45, 2.75) is 12.5 Å². The van der Waals surface area contributed by atoms with Gasteiger partial charge in [-0.3, -0.25) is 9.78 Å². The van der Waals surface area contributed by atoms with Gasteiger partial charge in [0.25, 0.3) is 5.91 Å². The Morgan fingerprint density at radius 1 is 1.33 bits per heavy atom. The fourth-order valence-electron chi connectivity index (χ4n) is 2.17. The summed E-state index contributed by atoms with van der Waals surface area (Å²) in [5, 5.41) is 12.9. The SMILES string of the molecule is CN(C)CC(C)(O)CNC(=O)c1cnc2ccccc2n1. The summed E-state index contributed by atoms with van der Waals surface area (Å²) in [7, 11) is 3.73. The van der Waals surface area contributed by atoms with Crippen molar-refractivity contribution in [3.63, 3.8) is 0 Å². The summed E-state index contributed by atoms with van der Waals surface area (Å²) in [6, 6.07) is 7.36. The summed E-state index contributed by atoms with van der Waals surface area (Å²) in [6.07, 6.45) is 1.44. The van der Waals surface area contributed by atoms with E-state index in [0.717, 1.165) is 5.52 Å². The number of para-hydroxylation sites is 2. The zero-order valence-corrected chi connectivity index (χ0v) is 12.5. The third-order valence-electron chi connectivity index (χ3n) is 2.97. The van der Waals surface area contributed by atoms with Gasteiger partial charge in [-0.1, -0.05) is 12.1 Å². The number of nitrogens with zero attached hydrogens (tertiary/aromatic N) is 3. The molecule has 6 heteroatoms. The third kappa shape index (κ3) is 4.21. The van der Waals surface area contributed by atoms with Crippen molar-refractivity contribution in [2.24, 2.45) is 0 Å². The molecule has 0 radical (unpaired) electrons. The minimum absolute atomic E-state index is 0.151. The number of fused-ring (bicyclic) bond motifs is 1. The molecule has 1 unspecified atom stereocenters. The summed E-state index contributed by atoms with van der Waals surface area (Å²) in [5.41, 5.74) is 0.664. The standard InChI is InChI=1S/C15H20N4O2/c1-15(21,10-19(2)3)9-17-14(20)13-8-16-11-6-4-5-7-12(11)18-13/h4-8,21H,9-10H2,1-3H3,(H,17,20). The molecule has 2 rings (SSSR count). The van der Waals surface area contributed by atoms with Crippen LogP contribution in [0.3, 0.4) is 0 Å². The largest absolute Gasteiger partial charge is 0.387 e. The third-order valence-corrected chi connectivity index (χ3v) is 2.97. The normalized spacial score (nSPS) is 14.1. The number of carbonyl (C=O) groups is 1. The lowest BCUT2D eigenvalue weighted by Gasteiger charge is -2.26. The summed E-state index contributed by atoms with van der Waals surface area (Å²) < 4.78 is 0. The van der Waals surface area contributed by atoms with Crippen LogP contribution in [0.2, 0.25) is 0 Å². The quantitative estimate of drug-likeness (QED) is 0.845. The molecule has 0 aliphatic heterocycles. The Hall–Kier alpha value is -2.05. The molecular weight excluding hydrogens is 268 g/mol. The lowest BCUT2D eigenvalue weighted by Crippen LogP contribution is -2.47. The molecule has 0 aliphatic rings. The second-order valence-electron chi connectivity index (χ2n) is 5.66. The molecular formula is C15H20N4O2. The van der Waals surface area contributed by atoms with E-state index in [4.69, 9.17) is 0 Å². The van der Waals surface area contributed by atoms with Crippen LogP contribution in [0.4, 0.5) is 0 Å². The number of likely N-dealkylation sites (N-methyl/N-ethyl adjacent to an activating group) is 1. The van der Waals surface area contributed by atoms with E-state index in [-0.39, 0.29) is 18.1 Å². The number of benzene rings is 1. The number of nitrogens with one attached hydrogen (secondary N) is 1. The van der Waals surface area contributed by atoms with Gasteiger partial charge in [-0.2, -0.15) is 0 Å². The molecule has 112 valence electrons. The summed E-state index contributed by atoms with van der Waals surface area (Å²) in [6.45, 7) is 2.29. The van der Waals surface area contributed by atoms with Crippen LogP contribution < -0.4 is 5.32 Å². The number of aromatic nitrogens is 2. The van der Waals surface area contributed by atoms with Gasteiger partial charge in [0.05, 0.1) is 22.8 Å². The molecule has 1 aromatic heterocycles. The van der Waals surface area contributed by atoms with Crippen LogP contribution in [0, 0.1) is 0 Å². The van der Waals surface area contributed by atoms with E-state index in [9.17, 15) is 9.90 Å². The van der Waals surface area contributed by atoms with Crippen LogP contribution in [0.15, 0.2) is 30.5 Å². The number of amides is 1. The maximum atomic E-state index is 12.1. The summed E-state index contributed by atoms with van der Waals surface area (Å²) in [5.74, 6) is -0.340. The highest BCUT2D eigenvalue weighted by atomic mass is 16.3. The van der Waals surface area contributed by atoms with E-state index < -0.39 is 5.60 Å². The molecule has 21 heavy (non-hydrogen) atoms. The Bertz CT molecular complexity index is 640. The molecule has 2 N–H and O–H groups in total. The topological polar surface area (TPSA) is 78.4 Å². The van der Waals surface area contributed by atoms with Gasteiger partial charge in [0.15, 0.2) is 0 Å². The van der Waals surface area contributed by atoms with Gasteiger partial charge in [-0.15, -0.1) is 0 Å². The van der Waals surface area contributed by atoms with Crippen molar-refractivity contribution in [1.29, 1.82) is 0 Å². The molecule has 1 amide bonds. The highest BCUT2D eigenvalue weighted by molar-refractivity contribution is 5.93. The molecule has 0 aliphatic carbocycles. The van der Waals surface area contributed by atoms with Crippen molar-refractivity contribution < 1.29 is 9.90 Å². The lowest BCUT2D eigenvalue weighted by molar-refractivity contribution is 0.0325. The molecule has 2 aromatic rings. The maximum Gasteiger partial charge on any atom is 0.271 e. The molecule has 0 spiro atoms. The first-order chi connectivity index (χ1) is 9.87. The summed E-state index contributed by atoms with van der Waals surface area (Å²) in [4.78, 5) is 22.4. The second-order valence-corrected chi connectivity index (χ2v) is 5.66. The maximum absolute atomic E-state index is 12.1. The van der Waals surface area contributed by atoms with Gasteiger partial charge in [0.2, 0.25) is 0 Å². The number of rotatable bonds is 5. The van der Waals surface area contributed by atoms with Gasteiger partial charge in [-0.05, 0) is 33.2 Å². The van der Waals surface area contributed by atoms with Crippen LogP contribution in [0.25, 0.3) is 11.0 Å². The van der Waals surface area contributed by atoms with Gasteiger partial charge in [0, 0.05) is 13.1 Å². The van der Waals surface area contributed by atoms with Gasteiger partial charge in [0.1, 0.15) is 5.69 Å². The van der Waals surface area contributed by atoms with Crippen molar-refractivity contribution in [2.75, 3.05) is 27.2 Å². The molecule has 0 bridgehead atoms. The minimum Gasteiger partial charge on any atom is -0.387 e. The van der Waals surface area contributed by atoms with Crippen LogP contribution in [0.1, 0.15) is 17.4 Å². The van der Waals surface area contributed by atoms with E-state index in [0.29, 0.717) is 12.1 Å².